The van der Waals surface area contributed by atoms with Gasteiger partial charge in [0.25, 0.3) is 0 Å². The van der Waals surface area contributed by atoms with Crippen molar-refractivity contribution in [1.82, 2.24) is 9.88 Å². The van der Waals surface area contributed by atoms with E-state index in [0.29, 0.717) is 5.92 Å². The molecule has 4 aliphatic rings. The molecule has 0 saturated carbocycles. The molecular formula is C14H17N3O. The van der Waals surface area contributed by atoms with Gasteiger partial charge in [-0.2, -0.15) is 0 Å². The molecule has 94 valence electrons. The molecule has 1 atom stereocenters. The van der Waals surface area contributed by atoms with Gasteiger partial charge in [0.1, 0.15) is 5.71 Å². The molecule has 0 N–H and O–H groups in total. The fourth-order valence-corrected chi connectivity index (χ4v) is 3.59. The molecule has 1 spiro atoms. The number of hydrogen-bond donors (Lipinski definition) is 0. The highest BCUT2D eigenvalue weighted by molar-refractivity contribution is 6.00. The summed E-state index contributed by atoms with van der Waals surface area (Å²) in [5.41, 5.74) is 1.93. The Kier molecular flexibility index (Phi) is 2.21. The van der Waals surface area contributed by atoms with Gasteiger partial charge in [-0.1, -0.05) is 11.2 Å². The fraction of sp³-hybridized carbons (Fsp3) is 0.571. The molecule has 1 unspecified atom stereocenters. The van der Waals surface area contributed by atoms with Gasteiger partial charge in [0.05, 0.1) is 5.69 Å². The summed E-state index contributed by atoms with van der Waals surface area (Å²) in [6, 6.07) is 5.96. The lowest BCUT2D eigenvalue weighted by atomic mass is 9.73. The number of fused-ring (bicyclic) bond motifs is 2. The van der Waals surface area contributed by atoms with E-state index in [0.717, 1.165) is 24.4 Å². The normalized spacial score (nSPS) is 37.7. The minimum absolute atomic E-state index is 0.0522. The summed E-state index contributed by atoms with van der Waals surface area (Å²) in [6.07, 6.45) is 5.25. The fourth-order valence-electron chi connectivity index (χ4n) is 3.59. The molecule has 3 saturated heterocycles. The Morgan fingerprint density at radius 2 is 2.17 bits per heavy atom. The Hall–Kier alpha value is -1.42. The van der Waals surface area contributed by atoms with Crippen molar-refractivity contribution in [3.05, 3.63) is 30.1 Å². The molecule has 1 aromatic heterocycles. The van der Waals surface area contributed by atoms with Crippen LogP contribution in [0.1, 0.15) is 25.0 Å². The van der Waals surface area contributed by atoms with E-state index in [9.17, 15) is 0 Å². The molecule has 0 amide bonds. The molecule has 2 bridgehead atoms. The Labute approximate surface area is 107 Å². The van der Waals surface area contributed by atoms with E-state index in [1.807, 2.05) is 24.4 Å². The maximum Gasteiger partial charge on any atom is 0.158 e. The van der Waals surface area contributed by atoms with Crippen molar-refractivity contribution in [1.29, 1.82) is 0 Å². The summed E-state index contributed by atoms with van der Waals surface area (Å²) in [6.45, 7) is 3.50. The van der Waals surface area contributed by atoms with Crippen LogP contribution in [0, 0.1) is 5.92 Å². The highest BCUT2D eigenvalue weighted by atomic mass is 16.7. The van der Waals surface area contributed by atoms with E-state index >= 15 is 0 Å². The number of aromatic nitrogens is 1. The van der Waals surface area contributed by atoms with E-state index in [1.165, 1.54) is 25.9 Å². The second-order valence-electron chi connectivity index (χ2n) is 5.64. The standard InChI is InChI=1S/C14H17N3O/c1-2-6-15-12(3-1)13-9-14(18-16-13)10-17-7-4-11(14)5-8-17/h1-3,6,11H,4-5,7-10H2. The van der Waals surface area contributed by atoms with Crippen LogP contribution in [0.3, 0.4) is 0 Å². The molecule has 1 aromatic rings. The van der Waals surface area contributed by atoms with Gasteiger partial charge in [-0.15, -0.1) is 0 Å². The predicted molar refractivity (Wildman–Crippen MR) is 68.4 cm³/mol. The SMILES string of the molecule is c1ccc(C2=NOC3(C2)CN2CCC3CC2)nc1. The summed E-state index contributed by atoms with van der Waals surface area (Å²) in [5, 5.41) is 4.33. The zero-order chi connectivity index (χ0) is 12.0. The smallest absolute Gasteiger partial charge is 0.158 e. The molecule has 3 fully saturated rings. The van der Waals surface area contributed by atoms with E-state index in [-0.39, 0.29) is 5.60 Å². The summed E-state index contributed by atoms with van der Waals surface area (Å²) < 4.78 is 0. The topological polar surface area (TPSA) is 37.7 Å². The Bertz CT molecular complexity index is 479. The van der Waals surface area contributed by atoms with Crippen LogP contribution in [-0.2, 0) is 4.84 Å². The first-order valence-corrected chi connectivity index (χ1v) is 6.75. The maximum atomic E-state index is 5.89. The predicted octanol–water partition coefficient (Wildman–Crippen LogP) is 1.67. The van der Waals surface area contributed by atoms with Crippen LogP contribution in [0.4, 0.5) is 0 Å². The van der Waals surface area contributed by atoms with Crippen LogP contribution in [0.5, 0.6) is 0 Å². The van der Waals surface area contributed by atoms with Crippen molar-refractivity contribution in [3.63, 3.8) is 0 Å². The van der Waals surface area contributed by atoms with Crippen LogP contribution in [0.25, 0.3) is 0 Å². The summed E-state index contributed by atoms with van der Waals surface area (Å²) in [4.78, 5) is 12.8. The molecule has 0 aromatic carbocycles. The van der Waals surface area contributed by atoms with Crippen molar-refractivity contribution in [3.8, 4) is 0 Å². The average molecular weight is 243 g/mol. The third kappa shape index (κ3) is 1.48. The van der Waals surface area contributed by atoms with Crippen LogP contribution >= 0.6 is 0 Å². The van der Waals surface area contributed by atoms with Gasteiger partial charge in [0.15, 0.2) is 5.60 Å². The van der Waals surface area contributed by atoms with Gasteiger partial charge in [0.2, 0.25) is 0 Å². The molecule has 0 aliphatic carbocycles. The highest BCUT2D eigenvalue weighted by Crippen LogP contribution is 2.43. The van der Waals surface area contributed by atoms with Crippen molar-refractivity contribution < 1.29 is 4.84 Å². The zero-order valence-corrected chi connectivity index (χ0v) is 10.4. The van der Waals surface area contributed by atoms with Gasteiger partial charge >= 0.3 is 0 Å². The largest absolute Gasteiger partial charge is 0.387 e. The van der Waals surface area contributed by atoms with Crippen LogP contribution < -0.4 is 0 Å². The highest BCUT2D eigenvalue weighted by Gasteiger charge is 2.52. The van der Waals surface area contributed by atoms with Gasteiger partial charge < -0.3 is 4.84 Å². The van der Waals surface area contributed by atoms with Gasteiger partial charge in [-0.05, 0) is 38.1 Å². The minimum atomic E-state index is -0.0522. The van der Waals surface area contributed by atoms with E-state index in [4.69, 9.17) is 4.84 Å². The monoisotopic (exact) mass is 243 g/mol. The summed E-state index contributed by atoms with van der Waals surface area (Å²) in [7, 11) is 0. The third-order valence-corrected chi connectivity index (χ3v) is 4.59. The molecule has 18 heavy (non-hydrogen) atoms. The van der Waals surface area contributed by atoms with Crippen molar-refractivity contribution in [2.24, 2.45) is 11.1 Å². The number of piperidine rings is 3. The lowest BCUT2D eigenvalue weighted by Crippen LogP contribution is -2.59. The number of hydrogen-bond acceptors (Lipinski definition) is 4. The lowest BCUT2D eigenvalue weighted by Gasteiger charge is -2.49. The van der Waals surface area contributed by atoms with Crippen LogP contribution in [0.2, 0.25) is 0 Å². The molecule has 5 heterocycles. The van der Waals surface area contributed by atoms with Gasteiger partial charge in [-0.25, -0.2) is 0 Å². The number of nitrogens with zero attached hydrogens (tertiary/aromatic N) is 3. The number of rotatable bonds is 1. The molecule has 4 nitrogen and oxygen atoms in total. The third-order valence-electron chi connectivity index (χ3n) is 4.59. The number of oxime groups is 1. The second-order valence-corrected chi connectivity index (χ2v) is 5.64. The Morgan fingerprint density at radius 1 is 1.28 bits per heavy atom. The molecule has 4 aliphatic heterocycles. The van der Waals surface area contributed by atoms with E-state index < -0.39 is 0 Å². The minimum Gasteiger partial charge on any atom is -0.387 e. The first-order valence-electron chi connectivity index (χ1n) is 6.75. The van der Waals surface area contributed by atoms with Crippen molar-refractivity contribution in [2.45, 2.75) is 24.9 Å². The number of pyridine rings is 1. The Morgan fingerprint density at radius 3 is 2.83 bits per heavy atom. The Balaban J connectivity index is 1.59. The summed E-state index contributed by atoms with van der Waals surface area (Å²) >= 11 is 0. The van der Waals surface area contributed by atoms with E-state index in [2.05, 4.69) is 15.0 Å². The molecule has 4 heteroatoms. The molecule has 0 radical (unpaired) electrons. The quantitative estimate of drug-likeness (QED) is 0.753. The van der Waals surface area contributed by atoms with Crippen LogP contribution in [-0.4, -0.2) is 40.8 Å². The second kappa shape index (κ2) is 3.79. The van der Waals surface area contributed by atoms with Gasteiger partial charge in [-0.3, -0.25) is 9.88 Å². The average Bonchev–Trinajstić information content (AvgIpc) is 2.85. The molecular weight excluding hydrogens is 226 g/mol. The van der Waals surface area contributed by atoms with Crippen LogP contribution in [0.15, 0.2) is 29.6 Å². The van der Waals surface area contributed by atoms with Crippen molar-refractivity contribution in [2.75, 3.05) is 19.6 Å². The van der Waals surface area contributed by atoms with Gasteiger partial charge in [0, 0.05) is 25.1 Å². The van der Waals surface area contributed by atoms with Crippen molar-refractivity contribution >= 4 is 5.71 Å². The first-order chi connectivity index (χ1) is 8.86. The lowest BCUT2D eigenvalue weighted by molar-refractivity contribution is -0.136. The maximum absolute atomic E-state index is 5.89. The van der Waals surface area contributed by atoms with E-state index in [1.54, 1.807) is 0 Å². The zero-order valence-electron chi connectivity index (χ0n) is 10.4. The molecule has 5 rings (SSSR count). The summed E-state index contributed by atoms with van der Waals surface area (Å²) in [5.74, 6) is 0.674. The first kappa shape index (κ1) is 10.5.